The van der Waals surface area contributed by atoms with Crippen molar-refractivity contribution in [3.63, 3.8) is 0 Å². The summed E-state index contributed by atoms with van der Waals surface area (Å²) in [6.45, 7) is 4.35. The van der Waals surface area contributed by atoms with Gasteiger partial charge >= 0.3 is 11.9 Å². The average Bonchev–Trinajstić information content (AvgIpc) is 2.45. The molecule has 0 aliphatic heterocycles. The highest BCUT2D eigenvalue weighted by atomic mass is 16.6. The molecule has 0 aromatic rings. The largest absolute Gasteiger partial charge is 0.479 e. The number of hydrogen-bond donors (Lipinski definition) is 4. The maximum absolute atomic E-state index is 12.1. The molecule has 9 heteroatoms. The van der Waals surface area contributed by atoms with Crippen molar-refractivity contribution < 1.29 is 29.0 Å². The molecule has 0 fully saturated rings. The van der Waals surface area contributed by atoms with Crippen molar-refractivity contribution in [2.45, 2.75) is 58.2 Å². The van der Waals surface area contributed by atoms with Gasteiger partial charge in [0.1, 0.15) is 12.1 Å². The summed E-state index contributed by atoms with van der Waals surface area (Å²) < 4.78 is 4.68. The van der Waals surface area contributed by atoms with Crippen molar-refractivity contribution in [1.82, 2.24) is 10.6 Å². The predicted octanol–water partition coefficient (Wildman–Crippen LogP) is -0.859. The quantitative estimate of drug-likeness (QED) is 0.301. The zero-order chi connectivity index (χ0) is 18.0. The Morgan fingerprint density at radius 1 is 1.13 bits per heavy atom. The van der Waals surface area contributed by atoms with Crippen molar-refractivity contribution >= 4 is 23.8 Å². The van der Waals surface area contributed by atoms with Gasteiger partial charge in [0, 0.05) is 6.92 Å². The van der Waals surface area contributed by atoms with E-state index < -0.39 is 36.0 Å². The second-order valence-electron chi connectivity index (χ2n) is 5.19. The Morgan fingerprint density at radius 2 is 1.74 bits per heavy atom. The number of amides is 2. The van der Waals surface area contributed by atoms with Crippen molar-refractivity contribution in [2.75, 3.05) is 6.54 Å². The number of rotatable bonds is 10. The molecule has 0 rings (SSSR count). The van der Waals surface area contributed by atoms with E-state index in [1.54, 1.807) is 0 Å². The molecule has 0 saturated heterocycles. The molecule has 0 radical (unpaired) electrons. The topological polar surface area (TPSA) is 148 Å². The van der Waals surface area contributed by atoms with Crippen LogP contribution in [0, 0.1) is 0 Å². The van der Waals surface area contributed by atoms with Gasteiger partial charge in [-0.25, -0.2) is 9.59 Å². The van der Waals surface area contributed by atoms with Crippen LogP contribution in [0.2, 0.25) is 0 Å². The minimum atomic E-state index is -1.31. The highest BCUT2D eigenvalue weighted by Gasteiger charge is 2.26. The first-order valence-electron chi connectivity index (χ1n) is 7.39. The van der Waals surface area contributed by atoms with Gasteiger partial charge in [-0.05, 0) is 39.7 Å². The summed E-state index contributed by atoms with van der Waals surface area (Å²) >= 11 is 0. The molecule has 23 heavy (non-hydrogen) atoms. The smallest absolute Gasteiger partial charge is 0.344 e. The first-order chi connectivity index (χ1) is 10.7. The lowest BCUT2D eigenvalue weighted by Crippen LogP contribution is -2.51. The van der Waals surface area contributed by atoms with E-state index in [2.05, 4.69) is 15.4 Å². The van der Waals surface area contributed by atoms with Crippen LogP contribution in [0.5, 0.6) is 0 Å². The SMILES string of the molecule is CC(=O)NC(CCCCN)C(=O)NC(C)C(=O)OC(C)C(=O)O. The van der Waals surface area contributed by atoms with Crippen LogP contribution in [0.3, 0.4) is 0 Å². The molecular weight excluding hydrogens is 306 g/mol. The molecule has 3 unspecified atom stereocenters. The van der Waals surface area contributed by atoms with Crippen LogP contribution in [0.1, 0.15) is 40.0 Å². The lowest BCUT2D eigenvalue weighted by molar-refractivity contribution is -0.164. The van der Waals surface area contributed by atoms with Crippen LogP contribution in [0.25, 0.3) is 0 Å². The number of hydrogen-bond acceptors (Lipinski definition) is 6. The standard InChI is InChI=1S/C14H25N3O6/c1-8(14(22)23-9(2)13(20)21)16-12(19)11(17-10(3)18)6-4-5-7-15/h8-9,11H,4-7,15H2,1-3H3,(H,16,19)(H,17,18)(H,20,21). The second-order valence-corrected chi connectivity index (χ2v) is 5.19. The van der Waals surface area contributed by atoms with Crippen LogP contribution in [-0.2, 0) is 23.9 Å². The van der Waals surface area contributed by atoms with Crippen LogP contribution in [-0.4, -0.2) is 53.6 Å². The number of unbranched alkanes of at least 4 members (excludes halogenated alkanes) is 1. The van der Waals surface area contributed by atoms with Gasteiger partial charge in [-0.2, -0.15) is 0 Å². The molecular formula is C14H25N3O6. The van der Waals surface area contributed by atoms with E-state index in [9.17, 15) is 19.2 Å². The minimum absolute atomic E-state index is 0.368. The summed E-state index contributed by atoms with van der Waals surface area (Å²) in [6.07, 6.45) is 0.425. The third-order valence-electron chi connectivity index (χ3n) is 2.99. The second kappa shape index (κ2) is 10.5. The Morgan fingerprint density at radius 3 is 2.22 bits per heavy atom. The number of esters is 1. The summed E-state index contributed by atoms with van der Waals surface area (Å²) in [5, 5.41) is 13.6. The van der Waals surface area contributed by atoms with E-state index in [0.29, 0.717) is 25.8 Å². The molecule has 0 saturated carbocycles. The fraction of sp³-hybridized carbons (Fsp3) is 0.714. The van der Waals surface area contributed by atoms with E-state index in [1.165, 1.54) is 20.8 Å². The third kappa shape index (κ3) is 8.77. The number of nitrogens with one attached hydrogen (secondary N) is 2. The summed E-state index contributed by atoms with van der Waals surface area (Å²) in [6, 6.07) is -1.82. The summed E-state index contributed by atoms with van der Waals surface area (Å²) in [5.74, 6) is -3.05. The van der Waals surface area contributed by atoms with Crippen molar-refractivity contribution in [1.29, 1.82) is 0 Å². The zero-order valence-electron chi connectivity index (χ0n) is 13.6. The Labute approximate surface area is 134 Å². The fourth-order valence-corrected chi connectivity index (χ4v) is 1.71. The van der Waals surface area contributed by atoms with Gasteiger partial charge in [0.2, 0.25) is 11.8 Å². The van der Waals surface area contributed by atoms with E-state index in [-0.39, 0.29) is 5.91 Å². The molecule has 0 aromatic heterocycles. The third-order valence-corrected chi connectivity index (χ3v) is 2.99. The summed E-state index contributed by atoms with van der Waals surface area (Å²) in [4.78, 5) is 45.6. The number of carboxylic acids is 1. The van der Waals surface area contributed by atoms with E-state index in [0.717, 1.165) is 0 Å². The maximum Gasteiger partial charge on any atom is 0.344 e. The molecule has 0 spiro atoms. The molecule has 132 valence electrons. The van der Waals surface area contributed by atoms with Crippen LogP contribution < -0.4 is 16.4 Å². The van der Waals surface area contributed by atoms with E-state index >= 15 is 0 Å². The van der Waals surface area contributed by atoms with E-state index in [1.807, 2.05) is 0 Å². The lowest BCUT2D eigenvalue weighted by Gasteiger charge is -2.20. The Hall–Kier alpha value is -2.16. The minimum Gasteiger partial charge on any atom is -0.479 e. The molecule has 2 amide bonds. The number of aliphatic carboxylic acids is 1. The first-order valence-corrected chi connectivity index (χ1v) is 7.39. The molecule has 5 N–H and O–H groups in total. The number of ether oxygens (including phenoxy) is 1. The van der Waals surface area contributed by atoms with Gasteiger partial charge in [0.05, 0.1) is 0 Å². The molecule has 0 aliphatic carbocycles. The maximum atomic E-state index is 12.1. The normalized spacial score (nSPS) is 14.3. The van der Waals surface area contributed by atoms with Gasteiger partial charge < -0.3 is 26.2 Å². The van der Waals surface area contributed by atoms with Crippen molar-refractivity contribution in [2.24, 2.45) is 5.73 Å². The zero-order valence-corrected chi connectivity index (χ0v) is 13.6. The van der Waals surface area contributed by atoms with Gasteiger partial charge in [0.15, 0.2) is 6.10 Å². The highest BCUT2D eigenvalue weighted by molar-refractivity contribution is 5.90. The molecule has 0 bridgehead atoms. The monoisotopic (exact) mass is 331 g/mol. The average molecular weight is 331 g/mol. The molecule has 9 nitrogen and oxygen atoms in total. The predicted molar refractivity (Wildman–Crippen MR) is 81.3 cm³/mol. The lowest BCUT2D eigenvalue weighted by atomic mass is 10.1. The van der Waals surface area contributed by atoms with Gasteiger partial charge in [0.25, 0.3) is 0 Å². The molecule has 0 heterocycles. The summed E-state index contributed by atoms with van der Waals surface area (Å²) in [7, 11) is 0. The van der Waals surface area contributed by atoms with Gasteiger partial charge in [-0.15, -0.1) is 0 Å². The van der Waals surface area contributed by atoms with Crippen LogP contribution in [0.15, 0.2) is 0 Å². The van der Waals surface area contributed by atoms with Gasteiger partial charge in [-0.3, -0.25) is 9.59 Å². The van der Waals surface area contributed by atoms with Crippen LogP contribution >= 0.6 is 0 Å². The Kier molecular flexibility index (Phi) is 9.56. The highest BCUT2D eigenvalue weighted by Crippen LogP contribution is 2.03. The number of carboxylic acid groups (broad SMARTS) is 1. The Balaban J connectivity index is 4.59. The Bertz CT molecular complexity index is 440. The fourth-order valence-electron chi connectivity index (χ4n) is 1.71. The summed E-state index contributed by atoms with van der Waals surface area (Å²) in [5.41, 5.74) is 5.39. The van der Waals surface area contributed by atoms with Crippen molar-refractivity contribution in [3.8, 4) is 0 Å². The molecule has 3 atom stereocenters. The number of carbonyl (C=O) groups is 4. The van der Waals surface area contributed by atoms with Crippen LogP contribution in [0.4, 0.5) is 0 Å². The van der Waals surface area contributed by atoms with E-state index in [4.69, 9.17) is 10.8 Å². The number of carbonyl (C=O) groups excluding carboxylic acids is 3. The van der Waals surface area contributed by atoms with Gasteiger partial charge in [-0.1, -0.05) is 0 Å². The number of nitrogens with two attached hydrogens (primary N) is 1. The molecule has 0 aromatic carbocycles. The molecule has 0 aliphatic rings. The first kappa shape index (κ1) is 20.8. The van der Waals surface area contributed by atoms with Crippen molar-refractivity contribution in [3.05, 3.63) is 0 Å².